The van der Waals surface area contributed by atoms with Crippen LogP contribution < -0.4 is 4.74 Å². The quantitative estimate of drug-likeness (QED) is 0.732. The highest BCUT2D eigenvalue weighted by molar-refractivity contribution is 8.18. The maximum atomic E-state index is 12.8. The number of para-hydroxylation sites is 1. The number of hydrogen-bond donors (Lipinski definition) is 0. The molecule has 0 unspecified atom stereocenters. The molecule has 25 heavy (non-hydrogen) atoms. The number of ether oxygens (including phenoxy) is 1. The van der Waals surface area contributed by atoms with E-state index in [-0.39, 0.29) is 5.91 Å². The molecule has 0 aromatic heterocycles. The van der Waals surface area contributed by atoms with Crippen LogP contribution in [0.25, 0.3) is 6.08 Å². The first-order valence-corrected chi connectivity index (χ1v) is 9.02. The summed E-state index contributed by atoms with van der Waals surface area (Å²) in [6.45, 7) is 2.72. The van der Waals surface area contributed by atoms with Gasteiger partial charge in [0, 0.05) is 6.54 Å². The number of thioether (sulfide) groups is 1. The molecule has 1 amide bonds. The van der Waals surface area contributed by atoms with Gasteiger partial charge in [0.05, 0.1) is 17.7 Å². The second-order valence-electron chi connectivity index (χ2n) is 5.57. The van der Waals surface area contributed by atoms with Gasteiger partial charge >= 0.3 is 0 Å². The molecule has 128 valence electrons. The van der Waals surface area contributed by atoms with E-state index in [4.69, 9.17) is 4.74 Å². The fraction of sp³-hybridized carbons (Fsp3) is 0.200. The lowest BCUT2D eigenvalue weighted by molar-refractivity contribution is -0.122. The van der Waals surface area contributed by atoms with Crippen LogP contribution in [0.3, 0.4) is 0 Å². The average molecular weight is 352 g/mol. The van der Waals surface area contributed by atoms with Gasteiger partial charge in [-0.2, -0.15) is 0 Å². The van der Waals surface area contributed by atoms with E-state index in [9.17, 15) is 4.79 Å². The molecule has 1 saturated heterocycles. The van der Waals surface area contributed by atoms with Crippen molar-refractivity contribution in [3.63, 3.8) is 0 Å². The molecular weight excluding hydrogens is 332 g/mol. The zero-order valence-corrected chi connectivity index (χ0v) is 15.1. The third-order valence-corrected chi connectivity index (χ3v) is 4.71. The zero-order valence-electron chi connectivity index (χ0n) is 14.3. The summed E-state index contributed by atoms with van der Waals surface area (Å²) in [5, 5.41) is 0.729. The Morgan fingerprint density at radius 3 is 2.68 bits per heavy atom. The molecule has 5 heteroatoms. The van der Waals surface area contributed by atoms with Gasteiger partial charge in [-0.25, -0.2) is 4.99 Å². The fourth-order valence-corrected chi connectivity index (χ4v) is 3.53. The van der Waals surface area contributed by atoms with Crippen LogP contribution in [0.5, 0.6) is 5.75 Å². The Bertz CT molecular complexity index is 815. The molecule has 4 nitrogen and oxygen atoms in total. The molecule has 0 N–H and O–H groups in total. The summed E-state index contributed by atoms with van der Waals surface area (Å²) in [7, 11) is 1.63. The Labute approximate surface area is 152 Å². The monoisotopic (exact) mass is 352 g/mol. The summed E-state index contributed by atoms with van der Waals surface area (Å²) in [6.07, 6.45) is 2.78. The summed E-state index contributed by atoms with van der Waals surface area (Å²) in [5.74, 6) is 0.776. The molecule has 2 aromatic rings. The fourth-order valence-electron chi connectivity index (χ4n) is 2.51. The van der Waals surface area contributed by atoms with Gasteiger partial charge in [-0.05, 0) is 54.1 Å². The van der Waals surface area contributed by atoms with E-state index >= 15 is 0 Å². The Hall–Kier alpha value is -2.53. The highest BCUT2D eigenvalue weighted by Gasteiger charge is 2.32. The molecule has 0 bridgehead atoms. The largest absolute Gasteiger partial charge is 0.497 e. The van der Waals surface area contributed by atoms with E-state index in [1.165, 1.54) is 11.8 Å². The zero-order chi connectivity index (χ0) is 17.6. The van der Waals surface area contributed by atoms with Crippen molar-refractivity contribution in [2.75, 3.05) is 13.7 Å². The van der Waals surface area contributed by atoms with Crippen molar-refractivity contribution >= 4 is 34.6 Å². The van der Waals surface area contributed by atoms with Crippen LogP contribution in [-0.2, 0) is 4.79 Å². The summed E-state index contributed by atoms with van der Waals surface area (Å²) in [5.41, 5.74) is 1.79. The highest BCUT2D eigenvalue weighted by Crippen LogP contribution is 2.34. The number of rotatable bonds is 5. The molecule has 1 aliphatic heterocycles. The number of amidine groups is 1. The summed E-state index contributed by atoms with van der Waals surface area (Å²) >= 11 is 1.42. The number of amides is 1. The van der Waals surface area contributed by atoms with E-state index in [0.29, 0.717) is 11.4 Å². The summed E-state index contributed by atoms with van der Waals surface area (Å²) < 4.78 is 5.25. The van der Waals surface area contributed by atoms with Gasteiger partial charge in [0.1, 0.15) is 5.75 Å². The summed E-state index contributed by atoms with van der Waals surface area (Å²) in [4.78, 5) is 19.9. The van der Waals surface area contributed by atoms with E-state index < -0.39 is 0 Å². The third-order valence-electron chi connectivity index (χ3n) is 3.71. The van der Waals surface area contributed by atoms with Gasteiger partial charge in [-0.15, -0.1) is 0 Å². The minimum Gasteiger partial charge on any atom is -0.497 e. The molecule has 1 aliphatic rings. The van der Waals surface area contributed by atoms with Crippen LogP contribution in [0.1, 0.15) is 18.9 Å². The molecule has 3 rings (SSSR count). The maximum absolute atomic E-state index is 12.8. The topological polar surface area (TPSA) is 41.9 Å². The molecule has 0 atom stereocenters. The predicted octanol–water partition coefficient (Wildman–Crippen LogP) is 4.71. The maximum Gasteiger partial charge on any atom is 0.266 e. The van der Waals surface area contributed by atoms with Crippen molar-refractivity contribution in [3.05, 3.63) is 65.1 Å². The lowest BCUT2D eigenvalue weighted by atomic mass is 10.2. The first-order chi connectivity index (χ1) is 12.2. The van der Waals surface area contributed by atoms with Gasteiger partial charge < -0.3 is 4.74 Å². The van der Waals surface area contributed by atoms with Crippen LogP contribution in [0, 0.1) is 0 Å². The van der Waals surface area contributed by atoms with Crippen LogP contribution in [-0.4, -0.2) is 29.6 Å². The van der Waals surface area contributed by atoms with Gasteiger partial charge in [0.15, 0.2) is 5.17 Å². The van der Waals surface area contributed by atoms with Gasteiger partial charge in [-0.3, -0.25) is 9.69 Å². The number of methoxy groups -OCH3 is 1. The number of aliphatic imine (C=N–C) groups is 1. The normalized spacial score (nSPS) is 17.5. The average Bonchev–Trinajstić information content (AvgIpc) is 2.92. The van der Waals surface area contributed by atoms with Gasteiger partial charge in [0.2, 0.25) is 0 Å². The molecule has 1 fully saturated rings. The molecule has 0 saturated carbocycles. The number of benzene rings is 2. The Balaban J connectivity index is 1.93. The SMILES string of the molecule is CCCN1C(=O)/C(=C\c2cccc(OC)c2)SC1=Nc1ccccc1. The lowest BCUT2D eigenvalue weighted by Crippen LogP contribution is -2.29. The summed E-state index contributed by atoms with van der Waals surface area (Å²) in [6, 6.07) is 17.4. The minimum atomic E-state index is 0.00403. The van der Waals surface area contributed by atoms with E-state index in [1.54, 1.807) is 12.0 Å². The first kappa shape index (κ1) is 17.3. The Morgan fingerprint density at radius 2 is 1.96 bits per heavy atom. The van der Waals surface area contributed by atoms with Crippen LogP contribution in [0.15, 0.2) is 64.5 Å². The highest BCUT2D eigenvalue weighted by atomic mass is 32.2. The molecule has 2 aromatic carbocycles. The van der Waals surface area contributed by atoms with Crippen molar-refractivity contribution in [1.82, 2.24) is 4.90 Å². The van der Waals surface area contributed by atoms with Gasteiger partial charge in [-0.1, -0.05) is 37.3 Å². The number of carbonyl (C=O) groups is 1. The van der Waals surface area contributed by atoms with E-state index in [0.717, 1.165) is 28.6 Å². The standard InChI is InChI=1S/C20H20N2O2S/c1-3-12-22-19(23)18(14-15-8-7-11-17(13-15)24-2)25-20(22)21-16-9-5-4-6-10-16/h4-11,13-14H,3,12H2,1-2H3/b18-14+,21-20?. The number of carbonyl (C=O) groups excluding carboxylic acids is 1. The predicted molar refractivity (Wildman–Crippen MR) is 104 cm³/mol. The van der Waals surface area contributed by atoms with Crippen molar-refractivity contribution in [3.8, 4) is 5.75 Å². The Morgan fingerprint density at radius 1 is 1.16 bits per heavy atom. The smallest absolute Gasteiger partial charge is 0.266 e. The second kappa shape index (κ2) is 8.03. The van der Waals surface area contributed by atoms with E-state index in [2.05, 4.69) is 11.9 Å². The molecule has 0 aliphatic carbocycles. The van der Waals surface area contributed by atoms with E-state index in [1.807, 2.05) is 60.7 Å². The van der Waals surface area contributed by atoms with Gasteiger partial charge in [0.25, 0.3) is 5.91 Å². The number of hydrogen-bond acceptors (Lipinski definition) is 4. The molecule has 0 spiro atoms. The minimum absolute atomic E-state index is 0.00403. The van der Waals surface area contributed by atoms with Crippen LogP contribution in [0.2, 0.25) is 0 Å². The van der Waals surface area contributed by atoms with Crippen molar-refractivity contribution in [2.24, 2.45) is 4.99 Å². The second-order valence-corrected chi connectivity index (χ2v) is 6.58. The Kier molecular flexibility index (Phi) is 5.56. The third kappa shape index (κ3) is 4.12. The lowest BCUT2D eigenvalue weighted by Gasteiger charge is -2.13. The molecular formula is C20H20N2O2S. The van der Waals surface area contributed by atoms with Crippen LogP contribution >= 0.6 is 11.8 Å². The molecule has 0 radical (unpaired) electrons. The first-order valence-electron chi connectivity index (χ1n) is 8.20. The number of nitrogens with zero attached hydrogens (tertiary/aromatic N) is 2. The van der Waals surface area contributed by atoms with Crippen molar-refractivity contribution in [2.45, 2.75) is 13.3 Å². The van der Waals surface area contributed by atoms with Crippen LogP contribution in [0.4, 0.5) is 5.69 Å². The van der Waals surface area contributed by atoms with Crippen molar-refractivity contribution < 1.29 is 9.53 Å². The molecule has 1 heterocycles. The van der Waals surface area contributed by atoms with Crippen molar-refractivity contribution in [1.29, 1.82) is 0 Å².